The Labute approximate surface area is 164 Å². The van der Waals surface area contributed by atoms with Crippen molar-refractivity contribution < 1.29 is 9.59 Å². The maximum Gasteiger partial charge on any atom is 0.257 e. The predicted octanol–water partition coefficient (Wildman–Crippen LogP) is 2.67. The molecule has 0 radical (unpaired) electrons. The fraction of sp³-hybridized carbons (Fsp3) is 0.250. The lowest BCUT2D eigenvalue weighted by atomic mass is 10.1. The lowest BCUT2D eigenvalue weighted by molar-refractivity contribution is -0.120. The summed E-state index contributed by atoms with van der Waals surface area (Å²) in [7, 11) is 0. The Hall–Kier alpha value is -2.93. The third kappa shape index (κ3) is 6.07. The molecule has 0 saturated carbocycles. The summed E-state index contributed by atoms with van der Waals surface area (Å²) in [6.07, 6.45) is 0. The number of hydrazine groups is 1. The first-order valence-corrected chi connectivity index (χ1v) is 8.95. The number of hydrogen-bond donors (Lipinski definition) is 4. The van der Waals surface area contributed by atoms with Crippen molar-refractivity contribution in [3.05, 3.63) is 64.2 Å². The van der Waals surface area contributed by atoms with Gasteiger partial charge in [0.2, 0.25) is 0 Å². The highest BCUT2D eigenvalue weighted by Gasteiger charge is 2.09. The zero-order valence-electron chi connectivity index (χ0n) is 15.9. The van der Waals surface area contributed by atoms with Gasteiger partial charge in [-0.2, -0.15) is 0 Å². The van der Waals surface area contributed by atoms with Crippen molar-refractivity contribution in [2.75, 3.05) is 11.9 Å². The Bertz CT molecular complexity index is 860. The molecule has 6 nitrogen and oxygen atoms in total. The van der Waals surface area contributed by atoms with Crippen molar-refractivity contribution in [3.8, 4) is 0 Å². The van der Waals surface area contributed by atoms with Crippen LogP contribution in [0.25, 0.3) is 0 Å². The normalized spacial score (nSPS) is 10.1. The Morgan fingerprint density at radius 3 is 2.30 bits per heavy atom. The first-order valence-electron chi connectivity index (χ1n) is 8.55. The molecule has 7 heteroatoms. The van der Waals surface area contributed by atoms with E-state index in [0.717, 1.165) is 27.9 Å². The zero-order valence-corrected chi connectivity index (χ0v) is 16.7. The first kappa shape index (κ1) is 20.4. The Kier molecular flexibility index (Phi) is 6.90. The van der Waals surface area contributed by atoms with E-state index in [2.05, 4.69) is 21.5 Å². The van der Waals surface area contributed by atoms with E-state index >= 15 is 0 Å². The van der Waals surface area contributed by atoms with E-state index in [0.29, 0.717) is 5.56 Å². The molecule has 2 rings (SSSR count). The lowest BCUT2D eigenvalue weighted by Crippen LogP contribution is -2.47. The minimum absolute atomic E-state index is 0.162. The van der Waals surface area contributed by atoms with Crippen LogP contribution in [0.2, 0.25) is 0 Å². The SMILES string of the molecule is Cc1cc(C)cc(C(=O)NCC(=O)NNC(=S)Nc2cccc(C)c2C)c1. The molecule has 2 amide bonds. The van der Waals surface area contributed by atoms with Crippen LogP contribution < -0.4 is 21.5 Å². The van der Waals surface area contributed by atoms with Crippen LogP contribution in [-0.2, 0) is 4.79 Å². The number of rotatable bonds is 4. The Morgan fingerprint density at radius 2 is 1.63 bits per heavy atom. The maximum absolute atomic E-state index is 12.2. The van der Waals surface area contributed by atoms with Crippen LogP contribution in [0.4, 0.5) is 5.69 Å². The second-order valence-corrected chi connectivity index (χ2v) is 6.84. The molecule has 0 unspecified atom stereocenters. The highest BCUT2D eigenvalue weighted by atomic mass is 32.1. The number of carbonyl (C=O) groups excluding carboxylic acids is 2. The quantitative estimate of drug-likeness (QED) is 0.481. The molecule has 0 bridgehead atoms. The van der Waals surface area contributed by atoms with E-state index < -0.39 is 5.91 Å². The fourth-order valence-corrected chi connectivity index (χ4v) is 2.74. The third-order valence-electron chi connectivity index (χ3n) is 4.06. The van der Waals surface area contributed by atoms with Crippen molar-refractivity contribution >= 4 is 34.8 Å². The van der Waals surface area contributed by atoms with Crippen LogP contribution in [-0.4, -0.2) is 23.5 Å². The van der Waals surface area contributed by atoms with Crippen molar-refractivity contribution in [1.82, 2.24) is 16.2 Å². The van der Waals surface area contributed by atoms with Gasteiger partial charge in [0.25, 0.3) is 11.8 Å². The summed E-state index contributed by atoms with van der Waals surface area (Å²) in [6, 6.07) is 11.4. The van der Waals surface area contributed by atoms with Gasteiger partial charge in [0.15, 0.2) is 5.11 Å². The lowest BCUT2D eigenvalue weighted by Gasteiger charge is -2.14. The summed E-state index contributed by atoms with van der Waals surface area (Å²) < 4.78 is 0. The number of benzene rings is 2. The summed E-state index contributed by atoms with van der Waals surface area (Å²) in [6.45, 7) is 7.68. The monoisotopic (exact) mass is 384 g/mol. The minimum atomic E-state index is -0.405. The molecule has 0 atom stereocenters. The van der Waals surface area contributed by atoms with Crippen molar-refractivity contribution in [2.45, 2.75) is 27.7 Å². The summed E-state index contributed by atoms with van der Waals surface area (Å²) in [5.74, 6) is -0.703. The predicted molar refractivity (Wildman–Crippen MR) is 112 cm³/mol. The van der Waals surface area contributed by atoms with E-state index in [-0.39, 0.29) is 17.6 Å². The largest absolute Gasteiger partial charge is 0.343 e. The average Bonchev–Trinajstić information content (AvgIpc) is 2.61. The maximum atomic E-state index is 12.2. The number of amides is 2. The number of anilines is 1. The second kappa shape index (κ2) is 9.14. The molecule has 2 aromatic rings. The zero-order chi connectivity index (χ0) is 20.0. The fourth-order valence-electron chi connectivity index (χ4n) is 2.58. The van der Waals surface area contributed by atoms with Crippen molar-refractivity contribution in [1.29, 1.82) is 0 Å². The molecule has 0 aromatic heterocycles. The standard InChI is InChI=1S/C20H24N4O2S/c1-12-8-13(2)10-16(9-12)19(26)21-11-18(25)23-24-20(27)22-17-7-5-6-14(3)15(17)4/h5-10H,11H2,1-4H3,(H,21,26)(H,23,25)(H2,22,24,27). The summed E-state index contributed by atoms with van der Waals surface area (Å²) in [4.78, 5) is 24.1. The summed E-state index contributed by atoms with van der Waals surface area (Å²) in [5, 5.41) is 5.88. The summed E-state index contributed by atoms with van der Waals surface area (Å²) in [5.41, 5.74) is 10.7. The molecule has 0 aliphatic rings. The number of thiocarbonyl (C=S) groups is 1. The van der Waals surface area contributed by atoms with Crippen LogP contribution in [0, 0.1) is 27.7 Å². The number of aryl methyl sites for hydroxylation is 3. The van der Waals surface area contributed by atoms with E-state index in [1.807, 2.05) is 52.0 Å². The van der Waals surface area contributed by atoms with Crippen LogP contribution in [0.3, 0.4) is 0 Å². The molecule has 142 valence electrons. The van der Waals surface area contributed by atoms with Gasteiger partial charge in [-0.25, -0.2) is 0 Å². The smallest absolute Gasteiger partial charge is 0.257 e. The number of hydrogen-bond acceptors (Lipinski definition) is 3. The van der Waals surface area contributed by atoms with Gasteiger partial charge < -0.3 is 10.6 Å². The molecule has 0 aliphatic heterocycles. The molecule has 27 heavy (non-hydrogen) atoms. The third-order valence-corrected chi connectivity index (χ3v) is 4.27. The first-order chi connectivity index (χ1) is 12.8. The highest BCUT2D eigenvalue weighted by Crippen LogP contribution is 2.17. The molecule has 0 aliphatic carbocycles. The molecule has 2 aromatic carbocycles. The second-order valence-electron chi connectivity index (χ2n) is 6.43. The Morgan fingerprint density at radius 1 is 0.963 bits per heavy atom. The molecule has 0 heterocycles. The van der Waals surface area contributed by atoms with Crippen LogP contribution in [0.5, 0.6) is 0 Å². The molecule has 0 spiro atoms. The Balaban J connectivity index is 1.79. The molecular weight excluding hydrogens is 360 g/mol. The van der Waals surface area contributed by atoms with Crippen molar-refractivity contribution in [2.24, 2.45) is 0 Å². The summed E-state index contributed by atoms with van der Waals surface area (Å²) >= 11 is 5.17. The van der Waals surface area contributed by atoms with E-state index in [9.17, 15) is 9.59 Å². The van der Waals surface area contributed by atoms with Gasteiger partial charge in [0.1, 0.15) is 0 Å². The van der Waals surface area contributed by atoms with Gasteiger partial charge in [-0.15, -0.1) is 0 Å². The molecular formula is C20H24N4O2S. The van der Waals surface area contributed by atoms with Crippen LogP contribution >= 0.6 is 12.2 Å². The van der Waals surface area contributed by atoms with E-state index in [1.165, 1.54) is 0 Å². The van der Waals surface area contributed by atoms with Crippen molar-refractivity contribution in [3.63, 3.8) is 0 Å². The number of carbonyl (C=O) groups is 2. The minimum Gasteiger partial charge on any atom is -0.343 e. The molecule has 0 saturated heterocycles. The van der Waals surface area contributed by atoms with Gasteiger partial charge in [0.05, 0.1) is 6.54 Å². The highest BCUT2D eigenvalue weighted by molar-refractivity contribution is 7.80. The van der Waals surface area contributed by atoms with E-state index in [1.54, 1.807) is 12.1 Å². The average molecular weight is 385 g/mol. The van der Waals surface area contributed by atoms with Gasteiger partial charge in [-0.1, -0.05) is 29.3 Å². The van der Waals surface area contributed by atoms with Crippen LogP contribution in [0.15, 0.2) is 36.4 Å². The topological polar surface area (TPSA) is 82.3 Å². The van der Waals surface area contributed by atoms with Gasteiger partial charge in [0, 0.05) is 11.3 Å². The van der Waals surface area contributed by atoms with Crippen LogP contribution in [0.1, 0.15) is 32.6 Å². The molecule has 0 fully saturated rings. The number of nitrogens with one attached hydrogen (secondary N) is 4. The van der Waals surface area contributed by atoms with Gasteiger partial charge >= 0.3 is 0 Å². The molecule has 4 N–H and O–H groups in total. The van der Waals surface area contributed by atoms with Gasteiger partial charge in [-0.05, 0) is 69.2 Å². The van der Waals surface area contributed by atoms with Gasteiger partial charge in [-0.3, -0.25) is 20.4 Å². The van der Waals surface area contributed by atoms with E-state index in [4.69, 9.17) is 12.2 Å².